The molecule has 3 heteroatoms. The van der Waals surface area contributed by atoms with Crippen molar-refractivity contribution in [2.75, 3.05) is 26.2 Å². The summed E-state index contributed by atoms with van der Waals surface area (Å²) < 4.78 is 5.74. The van der Waals surface area contributed by atoms with Gasteiger partial charge in [-0.15, -0.1) is 0 Å². The Morgan fingerprint density at radius 3 is 2.83 bits per heavy atom. The van der Waals surface area contributed by atoms with Gasteiger partial charge in [0.05, 0.1) is 6.10 Å². The largest absolute Gasteiger partial charge is 0.378 e. The van der Waals surface area contributed by atoms with E-state index in [1.807, 2.05) is 0 Å². The van der Waals surface area contributed by atoms with E-state index < -0.39 is 0 Å². The highest BCUT2D eigenvalue weighted by Crippen LogP contribution is 2.19. The van der Waals surface area contributed by atoms with E-state index in [0.717, 1.165) is 12.6 Å². The fourth-order valence-corrected chi connectivity index (χ4v) is 3.33. The Hall–Kier alpha value is -0.120. The molecule has 2 aliphatic heterocycles. The van der Waals surface area contributed by atoms with Crippen LogP contribution in [0.25, 0.3) is 0 Å². The summed E-state index contributed by atoms with van der Waals surface area (Å²) in [6.07, 6.45) is 8.18. The first-order chi connectivity index (χ1) is 8.83. The van der Waals surface area contributed by atoms with E-state index in [0.29, 0.717) is 12.1 Å². The molecule has 18 heavy (non-hydrogen) atoms. The molecule has 0 aromatic rings. The molecular formula is C15H30N2O. The van der Waals surface area contributed by atoms with Crippen LogP contribution >= 0.6 is 0 Å². The number of ether oxygens (including phenoxy) is 1. The Kier molecular flexibility index (Phi) is 5.93. The molecule has 0 bridgehead atoms. The van der Waals surface area contributed by atoms with Crippen molar-refractivity contribution in [2.24, 2.45) is 0 Å². The summed E-state index contributed by atoms with van der Waals surface area (Å²) in [6.45, 7) is 9.22. The molecule has 0 spiro atoms. The Labute approximate surface area is 112 Å². The number of rotatable bonds is 6. The van der Waals surface area contributed by atoms with Crippen molar-refractivity contribution in [1.29, 1.82) is 0 Å². The van der Waals surface area contributed by atoms with Crippen LogP contribution in [-0.4, -0.2) is 49.3 Å². The normalized spacial score (nSPS) is 34.0. The first kappa shape index (κ1) is 14.3. The van der Waals surface area contributed by atoms with Crippen LogP contribution < -0.4 is 5.32 Å². The molecule has 3 atom stereocenters. The zero-order valence-corrected chi connectivity index (χ0v) is 12.2. The third-order valence-corrected chi connectivity index (χ3v) is 4.48. The lowest BCUT2D eigenvalue weighted by Gasteiger charge is -2.40. The summed E-state index contributed by atoms with van der Waals surface area (Å²) in [5.74, 6) is 0. The van der Waals surface area contributed by atoms with Crippen molar-refractivity contribution >= 4 is 0 Å². The molecule has 2 fully saturated rings. The van der Waals surface area contributed by atoms with Crippen molar-refractivity contribution in [3.05, 3.63) is 0 Å². The van der Waals surface area contributed by atoms with E-state index in [2.05, 4.69) is 24.1 Å². The van der Waals surface area contributed by atoms with Gasteiger partial charge < -0.3 is 10.1 Å². The number of nitrogens with one attached hydrogen (secondary N) is 1. The van der Waals surface area contributed by atoms with Gasteiger partial charge in [-0.05, 0) is 32.1 Å². The van der Waals surface area contributed by atoms with Crippen molar-refractivity contribution in [2.45, 2.75) is 70.6 Å². The summed E-state index contributed by atoms with van der Waals surface area (Å²) >= 11 is 0. The lowest BCUT2D eigenvalue weighted by Crippen LogP contribution is -2.56. The van der Waals surface area contributed by atoms with Crippen LogP contribution in [0, 0.1) is 0 Å². The summed E-state index contributed by atoms with van der Waals surface area (Å²) in [7, 11) is 0. The fraction of sp³-hybridized carbons (Fsp3) is 1.00. The molecule has 3 unspecified atom stereocenters. The summed E-state index contributed by atoms with van der Waals surface area (Å²) in [5.41, 5.74) is 0. The molecule has 1 N–H and O–H groups in total. The van der Waals surface area contributed by atoms with Gasteiger partial charge in [0.2, 0.25) is 0 Å². The highest BCUT2D eigenvalue weighted by atomic mass is 16.5. The van der Waals surface area contributed by atoms with Crippen molar-refractivity contribution in [3.8, 4) is 0 Å². The number of piperazine rings is 1. The van der Waals surface area contributed by atoms with Crippen molar-refractivity contribution in [3.63, 3.8) is 0 Å². The van der Waals surface area contributed by atoms with Crippen LogP contribution in [0.4, 0.5) is 0 Å². The van der Waals surface area contributed by atoms with E-state index in [1.54, 1.807) is 0 Å². The van der Waals surface area contributed by atoms with Crippen LogP contribution in [0.3, 0.4) is 0 Å². The first-order valence-electron chi connectivity index (χ1n) is 7.92. The minimum atomic E-state index is 0.544. The van der Waals surface area contributed by atoms with Crippen LogP contribution in [0.15, 0.2) is 0 Å². The van der Waals surface area contributed by atoms with Crippen molar-refractivity contribution < 1.29 is 4.74 Å². The maximum atomic E-state index is 5.74. The smallest absolute Gasteiger partial charge is 0.0588 e. The zero-order chi connectivity index (χ0) is 12.8. The van der Waals surface area contributed by atoms with E-state index in [9.17, 15) is 0 Å². The molecule has 2 heterocycles. The van der Waals surface area contributed by atoms with E-state index >= 15 is 0 Å². The summed E-state index contributed by atoms with van der Waals surface area (Å²) in [5, 5.41) is 3.71. The number of hydrogen-bond donors (Lipinski definition) is 1. The molecule has 0 aliphatic carbocycles. The molecule has 3 nitrogen and oxygen atoms in total. The molecule has 0 saturated carbocycles. The predicted molar refractivity (Wildman–Crippen MR) is 75.9 cm³/mol. The van der Waals surface area contributed by atoms with Crippen LogP contribution in [0.5, 0.6) is 0 Å². The molecule has 106 valence electrons. The molecule has 2 aliphatic rings. The average Bonchev–Trinajstić information content (AvgIpc) is 2.90. The molecule has 0 aromatic heterocycles. The van der Waals surface area contributed by atoms with E-state index in [4.69, 9.17) is 4.74 Å². The summed E-state index contributed by atoms with van der Waals surface area (Å²) in [4.78, 5) is 2.71. The molecule has 2 rings (SSSR count). The van der Waals surface area contributed by atoms with E-state index in [-0.39, 0.29) is 0 Å². The quantitative estimate of drug-likeness (QED) is 0.788. The highest BCUT2D eigenvalue weighted by Gasteiger charge is 2.27. The monoisotopic (exact) mass is 254 g/mol. The minimum absolute atomic E-state index is 0.544. The van der Waals surface area contributed by atoms with Gasteiger partial charge in [0, 0.05) is 38.3 Å². The average molecular weight is 254 g/mol. The lowest BCUT2D eigenvalue weighted by atomic mass is 10.0. The second-order valence-electron chi connectivity index (χ2n) is 5.87. The summed E-state index contributed by atoms with van der Waals surface area (Å²) in [6, 6.07) is 1.45. The van der Waals surface area contributed by atoms with Gasteiger partial charge in [0.15, 0.2) is 0 Å². The SMILES string of the molecule is CCCC1CN(CCC2CCCO2)C(CC)CN1. The van der Waals surface area contributed by atoms with Gasteiger partial charge in [-0.25, -0.2) is 0 Å². The Morgan fingerprint density at radius 1 is 1.28 bits per heavy atom. The van der Waals surface area contributed by atoms with Gasteiger partial charge in [0.1, 0.15) is 0 Å². The lowest BCUT2D eigenvalue weighted by molar-refractivity contribution is 0.0689. The van der Waals surface area contributed by atoms with Crippen LogP contribution in [0.1, 0.15) is 52.4 Å². The predicted octanol–water partition coefficient (Wildman–Crippen LogP) is 2.41. The van der Waals surface area contributed by atoms with Gasteiger partial charge >= 0.3 is 0 Å². The maximum absolute atomic E-state index is 5.74. The van der Waals surface area contributed by atoms with Gasteiger partial charge in [0.25, 0.3) is 0 Å². The molecular weight excluding hydrogens is 224 g/mol. The van der Waals surface area contributed by atoms with Crippen molar-refractivity contribution in [1.82, 2.24) is 10.2 Å². The fourth-order valence-electron chi connectivity index (χ4n) is 3.33. The maximum Gasteiger partial charge on any atom is 0.0588 e. The molecule has 0 amide bonds. The highest BCUT2D eigenvalue weighted by molar-refractivity contribution is 4.85. The Balaban J connectivity index is 1.77. The van der Waals surface area contributed by atoms with Gasteiger partial charge in [-0.3, -0.25) is 4.90 Å². The molecule has 2 saturated heterocycles. The van der Waals surface area contributed by atoms with Crippen LogP contribution in [0.2, 0.25) is 0 Å². The molecule has 0 aromatic carbocycles. The zero-order valence-electron chi connectivity index (χ0n) is 12.2. The number of nitrogens with zero attached hydrogens (tertiary/aromatic N) is 1. The Bertz CT molecular complexity index is 229. The second kappa shape index (κ2) is 7.46. The molecule has 0 radical (unpaired) electrons. The third kappa shape index (κ3) is 3.94. The topological polar surface area (TPSA) is 24.5 Å². The van der Waals surface area contributed by atoms with Gasteiger partial charge in [-0.1, -0.05) is 20.3 Å². The standard InChI is InChI=1S/C15H30N2O/c1-3-6-13-12-17(14(4-2)11-16-13)9-8-15-7-5-10-18-15/h13-16H,3-12H2,1-2H3. The second-order valence-corrected chi connectivity index (χ2v) is 5.87. The first-order valence-corrected chi connectivity index (χ1v) is 7.92. The van der Waals surface area contributed by atoms with Crippen LogP contribution in [-0.2, 0) is 4.74 Å². The third-order valence-electron chi connectivity index (χ3n) is 4.48. The van der Waals surface area contributed by atoms with E-state index in [1.165, 1.54) is 58.2 Å². The minimum Gasteiger partial charge on any atom is -0.378 e. The van der Waals surface area contributed by atoms with Gasteiger partial charge in [-0.2, -0.15) is 0 Å². The number of hydrogen-bond acceptors (Lipinski definition) is 3. The Morgan fingerprint density at radius 2 is 2.17 bits per heavy atom.